The van der Waals surface area contributed by atoms with E-state index in [1.54, 1.807) is 0 Å². The van der Waals surface area contributed by atoms with Gasteiger partial charge in [0, 0.05) is 6.61 Å². The zero-order valence-electron chi connectivity index (χ0n) is 11.6. The van der Waals surface area contributed by atoms with E-state index in [9.17, 15) is 0 Å². The molecular weight excluding hydrogens is 232 g/mol. The van der Waals surface area contributed by atoms with Crippen molar-refractivity contribution in [2.75, 3.05) is 6.61 Å². The molecule has 2 nitrogen and oxygen atoms in total. The first kappa shape index (κ1) is 16.1. The highest BCUT2D eigenvalue weighted by Crippen LogP contribution is 2.21. The summed E-state index contributed by atoms with van der Waals surface area (Å²) in [5.41, 5.74) is 0. The zero-order valence-corrected chi connectivity index (χ0v) is 13.6. The molecule has 0 aliphatic rings. The summed E-state index contributed by atoms with van der Waals surface area (Å²) in [4.78, 5) is 0. The summed E-state index contributed by atoms with van der Waals surface area (Å²) in [6, 6.07) is 1.14. The molecule has 0 radical (unpaired) electrons. The van der Waals surface area contributed by atoms with Gasteiger partial charge in [0.25, 0.3) is 0 Å². The molecule has 96 valence electrons. The van der Waals surface area contributed by atoms with Gasteiger partial charge in [0.2, 0.25) is 0 Å². The minimum atomic E-state index is -1.90. The van der Waals surface area contributed by atoms with Crippen LogP contribution in [0.3, 0.4) is 0 Å². The van der Waals surface area contributed by atoms with Gasteiger partial charge < -0.3 is 8.54 Å². The highest BCUT2D eigenvalue weighted by atomic mass is 28.4. The van der Waals surface area contributed by atoms with Crippen LogP contribution >= 0.6 is 0 Å². The van der Waals surface area contributed by atoms with Gasteiger partial charge >= 0.3 is 8.56 Å². The summed E-state index contributed by atoms with van der Waals surface area (Å²) in [6.07, 6.45) is 5.35. The Hall–Kier alpha value is 0.0938. The molecule has 0 bridgehead atoms. The Morgan fingerprint density at radius 2 is 1.81 bits per heavy atom. The lowest BCUT2D eigenvalue weighted by molar-refractivity contribution is 0.241. The third-order valence-electron chi connectivity index (χ3n) is 2.42. The monoisotopic (exact) mass is 260 g/mol. The van der Waals surface area contributed by atoms with Crippen LogP contribution in [0.5, 0.6) is 0 Å². The summed E-state index contributed by atoms with van der Waals surface area (Å²) in [6.45, 7) is 15.7. The Morgan fingerprint density at radius 1 is 1.19 bits per heavy atom. The maximum absolute atomic E-state index is 6.28. The maximum Gasteiger partial charge on any atom is 0.321 e. The number of unbranched alkanes of at least 4 members (excludes halogenated alkanes) is 1. The van der Waals surface area contributed by atoms with E-state index < -0.39 is 16.9 Å². The van der Waals surface area contributed by atoms with E-state index in [1.807, 2.05) is 6.08 Å². The van der Waals surface area contributed by atoms with Crippen LogP contribution in [0.4, 0.5) is 0 Å². The number of rotatable bonds is 9. The van der Waals surface area contributed by atoms with Crippen molar-refractivity contribution in [1.29, 1.82) is 0 Å². The molecule has 0 saturated carbocycles. The molecule has 0 heterocycles. The van der Waals surface area contributed by atoms with Crippen molar-refractivity contribution in [3.8, 4) is 0 Å². The lowest BCUT2D eigenvalue weighted by atomic mass is 10.4. The number of hydrogen-bond acceptors (Lipinski definition) is 2. The molecule has 0 aliphatic carbocycles. The first-order valence-corrected chi connectivity index (χ1v) is 12.2. The van der Waals surface area contributed by atoms with Gasteiger partial charge in [0.05, 0.1) is 0 Å². The van der Waals surface area contributed by atoms with E-state index in [0.717, 1.165) is 25.5 Å². The lowest BCUT2D eigenvalue weighted by Crippen LogP contribution is -2.46. The van der Waals surface area contributed by atoms with Crippen molar-refractivity contribution in [2.45, 2.75) is 58.4 Å². The molecule has 0 atom stereocenters. The second-order valence-corrected chi connectivity index (χ2v) is 13.2. The average Bonchev–Trinajstić information content (AvgIpc) is 2.13. The van der Waals surface area contributed by atoms with E-state index in [4.69, 9.17) is 8.54 Å². The van der Waals surface area contributed by atoms with Gasteiger partial charge in [-0.3, -0.25) is 0 Å². The smallest absolute Gasteiger partial charge is 0.321 e. The quantitative estimate of drug-likeness (QED) is 0.349. The predicted molar refractivity (Wildman–Crippen MR) is 76.5 cm³/mol. The highest BCUT2D eigenvalue weighted by Gasteiger charge is 2.33. The van der Waals surface area contributed by atoms with Crippen LogP contribution in [0.25, 0.3) is 0 Å². The van der Waals surface area contributed by atoms with Gasteiger partial charge in [-0.2, -0.15) is 0 Å². The fourth-order valence-electron chi connectivity index (χ4n) is 1.66. The van der Waals surface area contributed by atoms with Crippen molar-refractivity contribution in [3.05, 3.63) is 12.7 Å². The molecule has 4 heteroatoms. The maximum atomic E-state index is 6.28. The molecule has 16 heavy (non-hydrogen) atoms. The van der Waals surface area contributed by atoms with Gasteiger partial charge in [-0.25, -0.2) is 0 Å². The lowest BCUT2D eigenvalue weighted by Gasteiger charge is -2.33. The molecule has 0 fully saturated rings. The average molecular weight is 261 g/mol. The fourth-order valence-corrected chi connectivity index (χ4v) is 9.16. The Labute approximate surface area is 103 Å². The first-order chi connectivity index (χ1) is 7.33. The molecule has 0 aromatic carbocycles. The minimum Gasteiger partial charge on any atom is -0.436 e. The molecule has 0 saturated heterocycles. The van der Waals surface area contributed by atoms with Gasteiger partial charge in [-0.1, -0.05) is 19.4 Å². The Balaban J connectivity index is 4.05. The Kier molecular flexibility index (Phi) is 7.47. The molecule has 0 aliphatic heterocycles. The third kappa shape index (κ3) is 8.27. The Bertz CT molecular complexity index is 203. The van der Waals surface area contributed by atoms with Crippen LogP contribution in [-0.4, -0.2) is 23.5 Å². The predicted octanol–water partition coefficient (Wildman–Crippen LogP) is 4.30. The molecule has 0 aromatic heterocycles. The topological polar surface area (TPSA) is 18.5 Å². The van der Waals surface area contributed by atoms with Gasteiger partial charge in [-0.15, -0.1) is 6.58 Å². The van der Waals surface area contributed by atoms with Crippen LogP contribution in [-0.2, 0) is 8.54 Å². The van der Waals surface area contributed by atoms with Crippen LogP contribution in [0.15, 0.2) is 12.7 Å². The third-order valence-corrected chi connectivity index (χ3v) is 8.99. The summed E-state index contributed by atoms with van der Waals surface area (Å²) in [7, 11) is -3.45. The fraction of sp³-hybridized carbons (Fsp3) is 0.833. The summed E-state index contributed by atoms with van der Waals surface area (Å²) in [5.74, 6) is 0. The number of hydrogen-bond donors (Lipinski definition) is 0. The van der Waals surface area contributed by atoms with E-state index in [0.29, 0.717) is 0 Å². The van der Waals surface area contributed by atoms with Crippen molar-refractivity contribution in [2.24, 2.45) is 0 Å². The SMILES string of the molecule is C=CCC[Si](C)(C)O[Si](C)(C)OCCCC. The molecular formula is C12H28O2Si2. The summed E-state index contributed by atoms with van der Waals surface area (Å²) >= 11 is 0. The summed E-state index contributed by atoms with van der Waals surface area (Å²) < 4.78 is 12.2. The number of allylic oxidation sites excluding steroid dienone is 1. The van der Waals surface area contributed by atoms with Gasteiger partial charge in [-0.05, 0) is 45.1 Å². The van der Waals surface area contributed by atoms with E-state index in [-0.39, 0.29) is 0 Å². The zero-order chi connectivity index (χ0) is 12.7. The standard InChI is InChI=1S/C12H28O2Si2/c1-7-9-11-13-16(5,6)14-15(3,4)12-10-8-2/h8H,2,7,9-12H2,1,3-6H3. The van der Waals surface area contributed by atoms with Crippen LogP contribution in [0.2, 0.25) is 32.2 Å². The normalized spacial score (nSPS) is 12.8. The molecule has 0 aromatic rings. The van der Waals surface area contributed by atoms with Crippen LogP contribution in [0.1, 0.15) is 26.2 Å². The van der Waals surface area contributed by atoms with Crippen molar-refractivity contribution >= 4 is 16.9 Å². The minimum absolute atomic E-state index is 0.849. The van der Waals surface area contributed by atoms with E-state index in [2.05, 4.69) is 39.7 Å². The Morgan fingerprint density at radius 3 is 2.31 bits per heavy atom. The summed E-state index contributed by atoms with van der Waals surface area (Å²) in [5, 5.41) is 0. The van der Waals surface area contributed by atoms with Crippen molar-refractivity contribution in [1.82, 2.24) is 0 Å². The second-order valence-electron chi connectivity index (χ2n) is 5.29. The van der Waals surface area contributed by atoms with E-state index in [1.165, 1.54) is 6.42 Å². The molecule has 0 unspecified atom stereocenters. The molecule has 0 spiro atoms. The highest BCUT2D eigenvalue weighted by molar-refractivity contribution is 6.82. The molecule has 0 N–H and O–H groups in total. The van der Waals surface area contributed by atoms with Gasteiger partial charge in [0.15, 0.2) is 8.32 Å². The first-order valence-electron chi connectivity index (χ1n) is 6.28. The molecule has 0 amide bonds. The largest absolute Gasteiger partial charge is 0.436 e. The van der Waals surface area contributed by atoms with Gasteiger partial charge in [0.1, 0.15) is 0 Å². The molecule has 0 rings (SSSR count). The van der Waals surface area contributed by atoms with Crippen molar-refractivity contribution in [3.63, 3.8) is 0 Å². The second kappa shape index (κ2) is 7.43. The van der Waals surface area contributed by atoms with Crippen molar-refractivity contribution < 1.29 is 8.54 Å². The van der Waals surface area contributed by atoms with Crippen LogP contribution < -0.4 is 0 Å². The van der Waals surface area contributed by atoms with E-state index >= 15 is 0 Å². The van der Waals surface area contributed by atoms with Crippen LogP contribution in [0, 0.1) is 0 Å².